The van der Waals surface area contributed by atoms with Crippen molar-refractivity contribution < 1.29 is 13.9 Å². The van der Waals surface area contributed by atoms with Crippen molar-refractivity contribution in [2.45, 2.75) is 25.5 Å². The van der Waals surface area contributed by atoms with Gasteiger partial charge in [0.15, 0.2) is 11.6 Å². The van der Waals surface area contributed by atoms with Crippen LogP contribution >= 0.6 is 0 Å². The number of halogens is 2. The normalized spacial score (nSPS) is 23.8. The second kappa shape index (κ2) is 5.10. The van der Waals surface area contributed by atoms with Gasteiger partial charge in [-0.25, -0.2) is 8.78 Å². The fraction of sp³-hybridized carbons (Fsp3) is 0.538. The van der Waals surface area contributed by atoms with Crippen molar-refractivity contribution in [3.63, 3.8) is 0 Å². The molecule has 0 radical (unpaired) electrons. The Labute approximate surface area is 99.9 Å². The summed E-state index contributed by atoms with van der Waals surface area (Å²) >= 11 is 0. The molecule has 1 aromatic carbocycles. The van der Waals surface area contributed by atoms with Crippen molar-refractivity contribution in [1.82, 2.24) is 4.90 Å². The van der Waals surface area contributed by atoms with E-state index in [4.69, 9.17) is 0 Å². The third-order valence-electron chi connectivity index (χ3n) is 3.22. The highest BCUT2D eigenvalue weighted by molar-refractivity contribution is 5.17. The molecule has 2 nitrogen and oxygen atoms in total. The Morgan fingerprint density at radius 1 is 1.29 bits per heavy atom. The van der Waals surface area contributed by atoms with Gasteiger partial charge in [-0.05, 0) is 43.5 Å². The minimum Gasteiger partial charge on any atom is -0.393 e. The van der Waals surface area contributed by atoms with Gasteiger partial charge in [0.2, 0.25) is 0 Å². The van der Waals surface area contributed by atoms with E-state index < -0.39 is 11.6 Å². The highest BCUT2D eigenvalue weighted by Gasteiger charge is 2.27. The Bertz CT molecular complexity index is 391. The van der Waals surface area contributed by atoms with Crippen molar-refractivity contribution >= 4 is 0 Å². The largest absolute Gasteiger partial charge is 0.393 e. The first kappa shape index (κ1) is 12.5. The van der Waals surface area contributed by atoms with Gasteiger partial charge in [-0.15, -0.1) is 0 Å². The lowest BCUT2D eigenvalue weighted by molar-refractivity contribution is 0.0274. The number of benzene rings is 1. The summed E-state index contributed by atoms with van der Waals surface area (Å²) in [6, 6.07) is 4.00. The van der Waals surface area contributed by atoms with Crippen molar-refractivity contribution in [2.75, 3.05) is 13.6 Å². The maximum Gasteiger partial charge on any atom is 0.159 e. The van der Waals surface area contributed by atoms with Gasteiger partial charge >= 0.3 is 0 Å². The Balaban J connectivity index is 1.85. The lowest BCUT2D eigenvalue weighted by Gasteiger charge is -2.34. The van der Waals surface area contributed by atoms with Gasteiger partial charge in [-0.1, -0.05) is 6.07 Å². The predicted molar refractivity (Wildman–Crippen MR) is 61.4 cm³/mol. The van der Waals surface area contributed by atoms with Crippen molar-refractivity contribution in [3.05, 3.63) is 35.4 Å². The highest BCUT2D eigenvalue weighted by atomic mass is 19.2. The van der Waals surface area contributed by atoms with Gasteiger partial charge in [0.05, 0.1) is 6.10 Å². The van der Waals surface area contributed by atoms with Crippen LogP contribution in [0.2, 0.25) is 0 Å². The van der Waals surface area contributed by atoms with Crippen molar-refractivity contribution in [3.8, 4) is 0 Å². The van der Waals surface area contributed by atoms with Crippen LogP contribution in [0.4, 0.5) is 8.78 Å². The molecule has 0 heterocycles. The average molecular weight is 241 g/mol. The molecule has 1 aliphatic rings. The fourth-order valence-corrected chi connectivity index (χ4v) is 2.30. The van der Waals surface area contributed by atoms with E-state index >= 15 is 0 Å². The first-order chi connectivity index (χ1) is 8.04. The number of aliphatic hydroxyl groups is 1. The van der Waals surface area contributed by atoms with Gasteiger partial charge in [0.1, 0.15) is 0 Å². The molecule has 1 fully saturated rings. The quantitative estimate of drug-likeness (QED) is 0.873. The molecular formula is C13H17F2NO. The SMILES string of the molecule is CN(Cc1ccc(F)c(F)c1)CC1CC(O)C1. The number of nitrogens with zero attached hydrogens (tertiary/aromatic N) is 1. The van der Waals surface area contributed by atoms with E-state index in [2.05, 4.69) is 4.90 Å². The van der Waals surface area contributed by atoms with E-state index in [-0.39, 0.29) is 6.10 Å². The third-order valence-corrected chi connectivity index (χ3v) is 3.22. The molecule has 2 rings (SSSR count). The molecule has 1 aliphatic carbocycles. The summed E-state index contributed by atoms with van der Waals surface area (Å²) < 4.78 is 25.7. The zero-order chi connectivity index (χ0) is 12.4. The maximum absolute atomic E-state index is 13.0. The first-order valence-electron chi connectivity index (χ1n) is 5.85. The molecule has 0 bridgehead atoms. The van der Waals surface area contributed by atoms with Crippen LogP contribution in [0.25, 0.3) is 0 Å². The molecule has 1 saturated carbocycles. The van der Waals surface area contributed by atoms with Crippen LogP contribution in [-0.4, -0.2) is 29.7 Å². The van der Waals surface area contributed by atoms with Gasteiger partial charge in [0, 0.05) is 13.1 Å². The molecule has 0 unspecified atom stereocenters. The second-order valence-corrected chi connectivity index (χ2v) is 4.94. The topological polar surface area (TPSA) is 23.5 Å². The molecule has 17 heavy (non-hydrogen) atoms. The zero-order valence-electron chi connectivity index (χ0n) is 9.87. The predicted octanol–water partition coefficient (Wildman–Crippen LogP) is 2.17. The lowest BCUT2D eigenvalue weighted by atomic mass is 9.82. The number of aliphatic hydroxyl groups excluding tert-OH is 1. The molecule has 0 amide bonds. The molecule has 0 aliphatic heterocycles. The Morgan fingerprint density at radius 2 is 2.00 bits per heavy atom. The maximum atomic E-state index is 13.0. The first-order valence-corrected chi connectivity index (χ1v) is 5.85. The van der Waals surface area contributed by atoms with Crippen molar-refractivity contribution in [1.29, 1.82) is 0 Å². The van der Waals surface area contributed by atoms with Gasteiger partial charge in [-0.3, -0.25) is 0 Å². The summed E-state index contributed by atoms with van der Waals surface area (Å²) in [6.07, 6.45) is 1.56. The van der Waals surface area contributed by atoms with Crippen LogP contribution in [0.1, 0.15) is 18.4 Å². The summed E-state index contributed by atoms with van der Waals surface area (Å²) in [7, 11) is 1.95. The molecule has 94 valence electrons. The fourth-order valence-electron chi connectivity index (χ4n) is 2.30. The van der Waals surface area contributed by atoms with Crippen molar-refractivity contribution in [2.24, 2.45) is 5.92 Å². The van der Waals surface area contributed by atoms with Gasteiger partial charge in [0.25, 0.3) is 0 Å². The van der Waals surface area contributed by atoms with Crippen LogP contribution in [0.5, 0.6) is 0 Å². The van der Waals surface area contributed by atoms with Crippen LogP contribution in [-0.2, 0) is 6.54 Å². The Morgan fingerprint density at radius 3 is 2.59 bits per heavy atom. The monoisotopic (exact) mass is 241 g/mol. The summed E-state index contributed by atoms with van der Waals surface area (Å²) in [4.78, 5) is 2.07. The lowest BCUT2D eigenvalue weighted by Crippen LogP contribution is -2.36. The molecule has 4 heteroatoms. The molecule has 0 aromatic heterocycles. The number of hydrogen-bond acceptors (Lipinski definition) is 2. The summed E-state index contributed by atoms with van der Waals surface area (Å²) in [5.74, 6) is -1.08. The Kier molecular flexibility index (Phi) is 3.74. The molecule has 0 atom stereocenters. The number of hydrogen-bond donors (Lipinski definition) is 1. The minimum absolute atomic E-state index is 0.142. The molecular weight excluding hydrogens is 224 g/mol. The summed E-state index contributed by atoms with van der Waals surface area (Å²) in [5, 5.41) is 9.18. The van der Waals surface area contributed by atoms with Crippen LogP contribution in [0.3, 0.4) is 0 Å². The third kappa shape index (κ3) is 3.23. The smallest absolute Gasteiger partial charge is 0.159 e. The summed E-state index contributed by atoms with van der Waals surface area (Å²) in [5.41, 5.74) is 0.770. The van der Waals surface area contributed by atoms with E-state index in [1.807, 2.05) is 7.05 Å². The van der Waals surface area contributed by atoms with E-state index in [1.54, 1.807) is 6.07 Å². The second-order valence-electron chi connectivity index (χ2n) is 4.94. The van der Waals surface area contributed by atoms with Crippen LogP contribution in [0, 0.1) is 17.6 Å². The molecule has 1 N–H and O–H groups in total. The minimum atomic E-state index is -0.807. The van der Waals surface area contributed by atoms with Crippen LogP contribution in [0.15, 0.2) is 18.2 Å². The van der Waals surface area contributed by atoms with E-state index in [1.165, 1.54) is 6.07 Å². The average Bonchev–Trinajstić information content (AvgIpc) is 2.21. The molecule has 0 saturated heterocycles. The summed E-state index contributed by atoms with van der Waals surface area (Å²) in [6.45, 7) is 1.49. The van der Waals surface area contributed by atoms with Gasteiger partial charge in [-0.2, -0.15) is 0 Å². The van der Waals surface area contributed by atoms with E-state index in [9.17, 15) is 13.9 Å². The van der Waals surface area contributed by atoms with E-state index in [0.717, 1.165) is 31.0 Å². The molecule has 1 aromatic rings. The van der Waals surface area contributed by atoms with E-state index in [0.29, 0.717) is 12.5 Å². The zero-order valence-corrected chi connectivity index (χ0v) is 9.87. The number of rotatable bonds is 4. The molecule has 0 spiro atoms. The highest BCUT2D eigenvalue weighted by Crippen LogP contribution is 2.27. The Hall–Kier alpha value is -1.00. The van der Waals surface area contributed by atoms with Gasteiger partial charge < -0.3 is 10.0 Å². The standard InChI is InChI=1S/C13H17F2NO/c1-16(8-10-4-11(17)5-10)7-9-2-3-12(14)13(15)6-9/h2-3,6,10-11,17H,4-5,7-8H2,1H3. The van der Waals surface area contributed by atoms with Crippen LogP contribution < -0.4 is 0 Å².